The van der Waals surface area contributed by atoms with Crippen molar-refractivity contribution in [3.63, 3.8) is 0 Å². The lowest BCUT2D eigenvalue weighted by molar-refractivity contribution is -0.134. The highest BCUT2D eigenvalue weighted by Crippen LogP contribution is 2.18. The van der Waals surface area contributed by atoms with Gasteiger partial charge in [0, 0.05) is 13.5 Å². The number of benzene rings is 1. The molecule has 3 N–H and O–H groups in total. The summed E-state index contributed by atoms with van der Waals surface area (Å²) in [7, 11) is 0. The van der Waals surface area contributed by atoms with Gasteiger partial charge in [-0.1, -0.05) is 6.07 Å². The van der Waals surface area contributed by atoms with Gasteiger partial charge in [-0.2, -0.15) is 0 Å². The van der Waals surface area contributed by atoms with E-state index in [1.165, 1.54) is 11.1 Å². The summed E-state index contributed by atoms with van der Waals surface area (Å²) in [4.78, 5) is 9.00. The lowest BCUT2D eigenvalue weighted by atomic mass is 10.0. The first-order valence-electron chi connectivity index (χ1n) is 4.80. The van der Waals surface area contributed by atoms with Gasteiger partial charge in [0.2, 0.25) is 0 Å². The third kappa shape index (κ3) is 3.99. The van der Waals surface area contributed by atoms with Crippen LogP contribution in [0.4, 0.5) is 0 Å². The van der Waals surface area contributed by atoms with Crippen LogP contribution in [0.1, 0.15) is 18.1 Å². The molecule has 0 saturated heterocycles. The third-order valence-corrected chi connectivity index (χ3v) is 2.08. The highest BCUT2D eigenvalue weighted by Gasteiger charge is 2.07. The third-order valence-electron chi connectivity index (χ3n) is 2.08. The molecule has 0 amide bonds. The number of nitrogens with one attached hydrogen (secondary N) is 1. The SMILES string of the molecule is CC(=O)O.Oc1ccc2c(c1)CNCC2. The van der Waals surface area contributed by atoms with Crippen LogP contribution in [0.3, 0.4) is 0 Å². The molecule has 1 aromatic rings. The number of fused-ring (bicyclic) bond motifs is 1. The lowest BCUT2D eigenvalue weighted by Crippen LogP contribution is -2.23. The van der Waals surface area contributed by atoms with Crippen LogP contribution < -0.4 is 5.32 Å². The van der Waals surface area contributed by atoms with Crippen molar-refractivity contribution in [2.75, 3.05) is 6.54 Å². The molecule has 1 heterocycles. The van der Waals surface area contributed by atoms with Crippen LogP contribution in [0.2, 0.25) is 0 Å². The Hall–Kier alpha value is -1.55. The quantitative estimate of drug-likeness (QED) is 0.599. The zero-order valence-electron chi connectivity index (χ0n) is 8.66. The monoisotopic (exact) mass is 209 g/mol. The molecule has 0 aliphatic carbocycles. The number of carbonyl (C=O) groups is 1. The van der Waals surface area contributed by atoms with Crippen LogP contribution in [0.25, 0.3) is 0 Å². The fraction of sp³-hybridized carbons (Fsp3) is 0.364. The van der Waals surface area contributed by atoms with Gasteiger partial charge >= 0.3 is 0 Å². The average molecular weight is 209 g/mol. The summed E-state index contributed by atoms with van der Waals surface area (Å²) in [5.74, 6) is -0.465. The summed E-state index contributed by atoms with van der Waals surface area (Å²) >= 11 is 0. The Labute approximate surface area is 88.6 Å². The van der Waals surface area contributed by atoms with Crippen LogP contribution in [-0.4, -0.2) is 22.7 Å². The predicted octanol–water partition coefficient (Wildman–Crippen LogP) is 1.13. The van der Waals surface area contributed by atoms with E-state index < -0.39 is 5.97 Å². The molecule has 1 aromatic carbocycles. The Balaban J connectivity index is 0.000000245. The van der Waals surface area contributed by atoms with Crippen LogP contribution in [0, 0.1) is 0 Å². The van der Waals surface area contributed by atoms with E-state index in [-0.39, 0.29) is 0 Å². The largest absolute Gasteiger partial charge is 0.508 e. The number of hydrogen-bond donors (Lipinski definition) is 3. The number of aliphatic carboxylic acids is 1. The first kappa shape index (κ1) is 11.5. The Morgan fingerprint density at radius 2 is 2.07 bits per heavy atom. The second kappa shape index (κ2) is 5.36. The van der Waals surface area contributed by atoms with Gasteiger partial charge in [0.1, 0.15) is 5.75 Å². The van der Waals surface area contributed by atoms with Crippen LogP contribution in [-0.2, 0) is 17.8 Å². The zero-order valence-corrected chi connectivity index (χ0v) is 8.66. The maximum Gasteiger partial charge on any atom is 0.300 e. The minimum Gasteiger partial charge on any atom is -0.508 e. The lowest BCUT2D eigenvalue weighted by Gasteiger charge is -2.16. The predicted molar refractivity (Wildman–Crippen MR) is 56.8 cm³/mol. The number of rotatable bonds is 0. The van der Waals surface area contributed by atoms with Gasteiger partial charge in [0.25, 0.3) is 5.97 Å². The molecule has 0 bridgehead atoms. The molecule has 15 heavy (non-hydrogen) atoms. The van der Waals surface area contributed by atoms with E-state index >= 15 is 0 Å². The molecule has 0 spiro atoms. The molecule has 2 rings (SSSR count). The van der Waals surface area contributed by atoms with Gasteiger partial charge in [0.05, 0.1) is 0 Å². The Kier molecular flexibility index (Phi) is 4.12. The molecule has 0 saturated carbocycles. The fourth-order valence-electron chi connectivity index (χ4n) is 1.47. The highest BCUT2D eigenvalue weighted by molar-refractivity contribution is 5.62. The summed E-state index contributed by atoms with van der Waals surface area (Å²) in [5.41, 5.74) is 2.60. The van der Waals surface area contributed by atoms with E-state index in [2.05, 4.69) is 5.32 Å². The van der Waals surface area contributed by atoms with Crippen molar-refractivity contribution in [1.29, 1.82) is 0 Å². The molecular formula is C11H15NO3. The number of hydrogen-bond acceptors (Lipinski definition) is 3. The van der Waals surface area contributed by atoms with Crippen molar-refractivity contribution in [3.8, 4) is 5.75 Å². The van der Waals surface area contributed by atoms with Crippen LogP contribution in [0.15, 0.2) is 18.2 Å². The molecule has 1 aliphatic rings. The van der Waals surface area contributed by atoms with Crippen molar-refractivity contribution in [3.05, 3.63) is 29.3 Å². The second-order valence-electron chi connectivity index (χ2n) is 3.40. The number of phenolic OH excluding ortho intramolecular Hbond substituents is 1. The van der Waals surface area contributed by atoms with Gasteiger partial charge in [-0.25, -0.2) is 0 Å². The molecule has 0 fully saturated rings. The number of phenols is 1. The van der Waals surface area contributed by atoms with Crippen molar-refractivity contribution < 1.29 is 15.0 Å². The minimum atomic E-state index is -0.833. The number of aromatic hydroxyl groups is 1. The summed E-state index contributed by atoms with van der Waals surface area (Å²) in [6.07, 6.45) is 1.08. The second-order valence-corrected chi connectivity index (χ2v) is 3.40. The Morgan fingerprint density at radius 1 is 1.40 bits per heavy atom. The van der Waals surface area contributed by atoms with Crippen molar-refractivity contribution >= 4 is 5.97 Å². The van der Waals surface area contributed by atoms with Crippen molar-refractivity contribution in [2.45, 2.75) is 19.9 Å². The molecule has 0 unspecified atom stereocenters. The van der Waals surface area contributed by atoms with Crippen molar-refractivity contribution in [1.82, 2.24) is 5.32 Å². The topological polar surface area (TPSA) is 69.6 Å². The Bertz CT molecular complexity index is 346. The normalized spacial score (nSPS) is 13.4. The maximum atomic E-state index is 9.16. The number of carboxylic acid groups (broad SMARTS) is 1. The molecule has 0 atom stereocenters. The van der Waals surface area contributed by atoms with Crippen LogP contribution in [0.5, 0.6) is 5.75 Å². The highest BCUT2D eigenvalue weighted by atomic mass is 16.4. The molecule has 0 radical (unpaired) electrons. The summed E-state index contributed by atoms with van der Waals surface area (Å²) in [6, 6.07) is 5.59. The fourth-order valence-corrected chi connectivity index (χ4v) is 1.47. The zero-order chi connectivity index (χ0) is 11.3. The standard InChI is InChI=1S/C9H11NO.C2H4O2/c11-9-2-1-7-3-4-10-6-8(7)5-9;1-2(3)4/h1-2,5,10-11H,3-4,6H2;1H3,(H,3,4). The molecule has 4 heteroatoms. The van der Waals surface area contributed by atoms with E-state index in [0.717, 1.165) is 26.4 Å². The van der Waals surface area contributed by atoms with E-state index in [0.29, 0.717) is 5.75 Å². The smallest absolute Gasteiger partial charge is 0.300 e. The van der Waals surface area contributed by atoms with E-state index in [9.17, 15) is 0 Å². The van der Waals surface area contributed by atoms with Gasteiger partial charge in [-0.3, -0.25) is 4.79 Å². The Morgan fingerprint density at radius 3 is 2.73 bits per heavy atom. The van der Waals surface area contributed by atoms with E-state index in [1.54, 1.807) is 6.07 Å². The summed E-state index contributed by atoms with van der Waals surface area (Å²) in [6.45, 7) is 3.03. The first-order valence-corrected chi connectivity index (χ1v) is 4.80. The number of carboxylic acids is 1. The van der Waals surface area contributed by atoms with E-state index in [4.69, 9.17) is 15.0 Å². The molecular weight excluding hydrogens is 194 g/mol. The molecule has 4 nitrogen and oxygen atoms in total. The minimum absolute atomic E-state index is 0.368. The molecule has 0 aromatic heterocycles. The van der Waals surface area contributed by atoms with Crippen LogP contribution >= 0.6 is 0 Å². The van der Waals surface area contributed by atoms with Gasteiger partial charge in [-0.15, -0.1) is 0 Å². The molecule has 82 valence electrons. The molecule has 1 aliphatic heterocycles. The van der Waals surface area contributed by atoms with Crippen molar-refractivity contribution in [2.24, 2.45) is 0 Å². The average Bonchev–Trinajstić information content (AvgIpc) is 2.16. The maximum absolute atomic E-state index is 9.16. The van der Waals surface area contributed by atoms with Gasteiger partial charge < -0.3 is 15.5 Å². The first-order chi connectivity index (χ1) is 7.09. The summed E-state index contributed by atoms with van der Waals surface area (Å²) in [5, 5.41) is 19.8. The summed E-state index contributed by atoms with van der Waals surface area (Å²) < 4.78 is 0. The van der Waals surface area contributed by atoms with Gasteiger partial charge in [0.15, 0.2) is 0 Å². The van der Waals surface area contributed by atoms with Gasteiger partial charge in [-0.05, 0) is 36.2 Å². The van der Waals surface area contributed by atoms with E-state index in [1.807, 2.05) is 12.1 Å².